The third-order valence-corrected chi connectivity index (χ3v) is 1.84. The zero-order chi connectivity index (χ0) is 9.14. The standard InChI is InChI=1S/C7H6BrNO3/c8-6-2-1-5(4-9(11)12)7(10)3-6/h1-3,10H,4H2. The van der Waals surface area contributed by atoms with E-state index in [2.05, 4.69) is 15.9 Å². The Bertz CT molecular complexity index is 314. The Kier molecular flexibility index (Phi) is 2.65. The van der Waals surface area contributed by atoms with Crippen molar-refractivity contribution < 1.29 is 10.0 Å². The second kappa shape index (κ2) is 3.53. The van der Waals surface area contributed by atoms with E-state index in [0.29, 0.717) is 10.0 Å². The van der Waals surface area contributed by atoms with Crippen LogP contribution in [0, 0.1) is 10.1 Å². The number of nitro groups is 1. The highest BCUT2D eigenvalue weighted by atomic mass is 79.9. The molecule has 0 aromatic heterocycles. The van der Waals surface area contributed by atoms with Crippen molar-refractivity contribution in [3.63, 3.8) is 0 Å². The van der Waals surface area contributed by atoms with Gasteiger partial charge in [0.2, 0.25) is 6.54 Å². The average molecular weight is 232 g/mol. The number of hydrogen-bond acceptors (Lipinski definition) is 3. The van der Waals surface area contributed by atoms with E-state index in [1.165, 1.54) is 12.1 Å². The molecule has 0 unspecified atom stereocenters. The number of nitrogens with zero attached hydrogens (tertiary/aromatic N) is 1. The van der Waals surface area contributed by atoms with Gasteiger partial charge in [-0.2, -0.15) is 0 Å². The van der Waals surface area contributed by atoms with Crippen LogP contribution in [-0.2, 0) is 6.54 Å². The lowest BCUT2D eigenvalue weighted by Gasteiger charge is -1.99. The van der Waals surface area contributed by atoms with Crippen LogP contribution in [0.4, 0.5) is 0 Å². The first-order valence-electron chi connectivity index (χ1n) is 3.19. The summed E-state index contributed by atoms with van der Waals surface area (Å²) in [5, 5.41) is 19.3. The SMILES string of the molecule is O=[N+]([O-])Cc1ccc(Br)cc1O. The minimum Gasteiger partial charge on any atom is -0.507 e. The van der Waals surface area contributed by atoms with Crippen molar-refractivity contribution in [2.45, 2.75) is 6.54 Å². The van der Waals surface area contributed by atoms with Crippen LogP contribution in [0.25, 0.3) is 0 Å². The van der Waals surface area contributed by atoms with E-state index in [1.807, 2.05) is 0 Å². The second-order valence-corrected chi connectivity index (χ2v) is 3.18. The second-order valence-electron chi connectivity index (χ2n) is 2.26. The van der Waals surface area contributed by atoms with Crippen molar-refractivity contribution >= 4 is 15.9 Å². The fourth-order valence-electron chi connectivity index (χ4n) is 0.810. The van der Waals surface area contributed by atoms with Crippen LogP contribution in [-0.4, -0.2) is 10.0 Å². The predicted molar refractivity (Wildman–Crippen MR) is 46.5 cm³/mol. The van der Waals surface area contributed by atoms with Gasteiger partial charge in [0.05, 0.1) is 5.56 Å². The van der Waals surface area contributed by atoms with Gasteiger partial charge in [-0.25, -0.2) is 0 Å². The summed E-state index contributed by atoms with van der Waals surface area (Å²) in [5.41, 5.74) is 0.322. The summed E-state index contributed by atoms with van der Waals surface area (Å²) in [6, 6.07) is 4.60. The number of halogens is 1. The molecule has 5 heteroatoms. The molecule has 0 atom stereocenters. The van der Waals surface area contributed by atoms with Crippen LogP contribution in [0.2, 0.25) is 0 Å². The van der Waals surface area contributed by atoms with Gasteiger partial charge < -0.3 is 5.11 Å². The van der Waals surface area contributed by atoms with E-state index < -0.39 is 4.92 Å². The summed E-state index contributed by atoms with van der Waals surface area (Å²) in [4.78, 5) is 9.61. The van der Waals surface area contributed by atoms with Crippen LogP contribution in [0.1, 0.15) is 5.56 Å². The summed E-state index contributed by atoms with van der Waals surface area (Å²) >= 11 is 3.13. The maximum atomic E-state index is 10.1. The van der Waals surface area contributed by atoms with Crippen molar-refractivity contribution in [2.24, 2.45) is 0 Å². The smallest absolute Gasteiger partial charge is 0.232 e. The van der Waals surface area contributed by atoms with Gasteiger partial charge in [-0.15, -0.1) is 0 Å². The van der Waals surface area contributed by atoms with E-state index in [0.717, 1.165) is 0 Å². The Labute approximate surface area is 77.1 Å². The minimum atomic E-state index is -0.483. The number of aromatic hydroxyl groups is 1. The highest BCUT2D eigenvalue weighted by Crippen LogP contribution is 2.22. The van der Waals surface area contributed by atoms with Crippen LogP contribution >= 0.6 is 15.9 Å². The Morgan fingerprint density at radius 2 is 2.25 bits per heavy atom. The summed E-state index contributed by atoms with van der Waals surface area (Å²) in [6.45, 7) is -0.348. The van der Waals surface area contributed by atoms with Crippen LogP contribution < -0.4 is 0 Å². The van der Waals surface area contributed by atoms with E-state index in [-0.39, 0.29) is 12.3 Å². The van der Waals surface area contributed by atoms with Crippen molar-refractivity contribution in [1.29, 1.82) is 0 Å². The summed E-state index contributed by atoms with van der Waals surface area (Å²) in [6.07, 6.45) is 0. The maximum Gasteiger partial charge on any atom is 0.232 e. The minimum absolute atomic E-state index is 0.0546. The van der Waals surface area contributed by atoms with Gasteiger partial charge in [-0.3, -0.25) is 10.1 Å². The molecule has 1 rings (SSSR count). The number of rotatable bonds is 2. The first-order chi connectivity index (χ1) is 5.59. The maximum absolute atomic E-state index is 10.1. The Balaban J connectivity index is 2.93. The predicted octanol–water partition coefficient (Wildman–Crippen LogP) is 1.93. The van der Waals surface area contributed by atoms with Gasteiger partial charge in [0.25, 0.3) is 0 Å². The van der Waals surface area contributed by atoms with Gasteiger partial charge in [0, 0.05) is 9.40 Å². The molecule has 0 heterocycles. The van der Waals surface area contributed by atoms with Crippen LogP contribution in [0.15, 0.2) is 22.7 Å². The van der Waals surface area contributed by atoms with Crippen molar-refractivity contribution in [2.75, 3.05) is 0 Å². The molecule has 0 aliphatic rings. The summed E-state index contributed by atoms with van der Waals surface area (Å²) < 4.78 is 0.701. The highest BCUT2D eigenvalue weighted by molar-refractivity contribution is 9.10. The molecule has 12 heavy (non-hydrogen) atoms. The molecular formula is C7H6BrNO3. The number of phenols is 1. The topological polar surface area (TPSA) is 63.4 Å². The molecule has 1 aromatic rings. The molecule has 0 saturated carbocycles. The van der Waals surface area contributed by atoms with Crippen molar-refractivity contribution in [3.05, 3.63) is 38.3 Å². The number of benzene rings is 1. The zero-order valence-electron chi connectivity index (χ0n) is 6.03. The fraction of sp³-hybridized carbons (Fsp3) is 0.143. The van der Waals surface area contributed by atoms with Crippen LogP contribution in [0.5, 0.6) is 5.75 Å². The normalized spacial score (nSPS) is 9.75. The van der Waals surface area contributed by atoms with Gasteiger partial charge in [0.1, 0.15) is 5.75 Å². The van der Waals surface area contributed by atoms with Gasteiger partial charge >= 0.3 is 0 Å². The molecule has 0 aliphatic heterocycles. The quantitative estimate of drug-likeness (QED) is 0.625. The molecule has 0 fully saturated rings. The van der Waals surface area contributed by atoms with E-state index in [1.54, 1.807) is 6.07 Å². The lowest BCUT2D eigenvalue weighted by molar-refractivity contribution is -0.496. The fourth-order valence-corrected chi connectivity index (χ4v) is 1.16. The Hall–Kier alpha value is -1.10. The monoisotopic (exact) mass is 231 g/mol. The Morgan fingerprint density at radius 1 is 1.58 bits per heavy atom. The van der Waals surface area contributed by atoms with E-state index in [9.17, 15) is 15.2 Å². The number of hydrogen-bond donors (Lipinski definition) is 1. The van der Waals surface area contributed by atoms with Gasteiger partial charge in [-0.05, 0) is 18.2 Å². The number of phenolic OH excluding ortho intramolecular Hbond substituents is 1. The molecule has 0 amide bonds. The molecule has 64 valence electrons. The van der Waals surface area contributed by atoms with Crippen LogP contribution in [0.3, 0.4) is 0 Å². The molecule has 1 aromatic carbocycles. The largest absolute Gasteiger partial charge is 0.507 e. The molecule has 0 spiro atoms. The lowest BCUT2D eigenvalue weighted by Crippen LogP contribution is -1.97. The summed E-state index contributed by atoms with van der Waals surface area (Å²) in [7, 11) is 0. The first-order valence-corrected chi connectivity index (χ1v) is 3.98. The molecule has 0 radical (unpaired) electrons. The molecule has 0 aliphatic carbocycles. The lowest BCUT2D eigenvalue weighted by atomic mass is 10.2. The molecule has 1 N–H and O–H groups in total. The molecular weight excluding hydrogens is 226 g/mol. The zero-order valence-corrected chi connectivity index (χ0v) is 7.61. The third kappa shape index (κ3) is 2.20. The van der Waals surface area contributed by atoms with Gasteiger partial charge in [0.15, 0.2) is 0 Å². The first kappa shape index (κ1) is 8.99. The molecule has 0 bridgehead atoms. The molecule has 4 nitrogen and oxygen atoms in total. The molecule has 0 saturated heterocycles. The Morgan fingerprint density at radius 3 is 2.75 bits per heavy atom. The van der Waals surface area contributed by atoms with Crippen molar-refractivity contribution in [1.82, 2.24) is 0 Å². The van der Waals surface area contributed by atoms with E-state index in [4.69, 9.17) is 0 Å². The van der Waals surface area contributed by atoms with E-state index >= 15 is 0 Å². The highest BCUT2D eigenvalue weighted by Gasteiger charge is 2.06. The average Bonchev–Trinajstić information content (AvgIpc) is 1.94. The van der Waals surface area contributed by atoms with Gasteiger partial charge in [-0.1, -0.05) is 15.9 Å². The summed E-state index contributed by atoms with van der Waals surface area (Å²) in [5.74, 6) is -0.0546. The van der Waals surface area contributed by atoms with Crippen molar-refractivity contribution in [3.8, 4) is 5.75 Å². The third-order valence-electron chi connectivity index (χ3n) is 1.35.